The van der Waals surface area contributed by atoms with Crippen LogP contribution in [0.2, 0.25) is 17.6 Å². The summed E-state index contributed by atoms with van der Waals surface area (Å²) in [4.78, 5) is 11.5. The third-order valence-electron chi connectivity index (χ3n) is 3.73. The van der Waals surface area contributed by atoms with Gasteiger partial charge in [-0.25, -0.2) is 0 Å². The number of halogens is 3. The maximum Gasteiger partial charge on any atom is 0.574 e. The van der Waals surface area contributed by atoms with E-state index in [0.717, 1.165) is 12.8 Å². The van der Waals surface area contributed by atoms with Gasteiger partial charge in [0.25, 0.3) is 5.59 Å². The molecule has 0 unspecified atom stereocenters. The Balaban J connectivity index is 2.81. The van der Waals surface area contributed by atoms with Crippen LogP contribution in [0.4, 0.5) is 18.0 Å². The maximum atomic E-state index is 12.0. The Morgan fingerprint density at radius 2 is 1.67 bits per heavy atom. The predicted molar refractivity (Wildman–Crippen MR) is 52.2 cm³/mol. The molecular weight excluding hydrogens is 225 g/mol. The first kappa shape index (κ1) is 12.5. The average molecular weight is 240 g/mol. The van der Waals surface area contributed by atoms with Crippen molar-refractivity contribution in [2.24, 2.45) is 0 Å². The molecule has 1 fully saturated rings. The Kier molecular flexibility index (Phi) is 3.18. The lowest BCUT2D eigenvalue weighted by atomic mass is 10.2. The van der Waals surface area contributed by atoms with Crippen LogP contribution >= 0.6 is 0 Å². The Bertz CT molecular complexity index is 255. The number of carbonyl (C=O) groups is 1. The lowest BCUT2D eigenvalue weighted by Crippen LogP contribution is -2.46. The molecule has 0 spiro atoms. The van der Waals surface area contributed by atoms with Gasteiger partial charge >= 0.3 is 6.36 Å². The second-order valence-electron chi connectivity index (χ2n) is 4.50. The van der Waals surface area contributed by atoms with Crippen LogP contribution in [0.1, 0.15) is 26.7 Å². The molecule has 1 saturated heterocycles. The molecule has 0 aromatic heterocycles. The molecule has 2 atom stereocenters. The molecule has 0 aromatic rings. The summed E-state index contributed by atoms with van der Waals surface area (Å²) >= 11 is 0. The molecular formula is C9H15F3O2Si. The van der Waals surface area contributed by atoms with Crippen LogP contribution in [0.3, 0.4) is 0 Å². The van der Waals surface area contributed by atoms with Gasteiger partial charge in [0.15, 0.2) is 8.07 Å². The van der Waals surface area contributed by atoms with Gasteiger partial charge in [-0.05, 0) is 11.1 Å². The zero-order valence-electron chi connectivity index (χ0n) is 9.02. The molecule has 1 aliphatic rings. The normalized spacial score (nSPS) is 30.3. The molecule has 0 N–H and O–H groups in total. The van der Waals surface area contributed by atoms with Gasteiger partial charge in [-0.1, -0.05) is 33.2 Å². The van der Waals surface area contributed by atoms with E-state index in [1.807, 2.05) is 13.8 Å². The molecule has 0 amide bonds. The van der Waals surface area contributed by atoms with Gasteiger partial charge in [-0.15, -0.1) is 13.2 Å². The quantitative estimate of drug-likeness (QED) is 0.650. The third-order valence-corrected chi connectivity index (χ3v) is 9.38. The summed E-state index contributed by atoms with van der Waals surface area (Å²) in [5.41, 5.74) is -0.864. The Labute approximate surface area is 87.8 Å². The van der Waals surface area contributed by atoms with Crippen LogP contribution in [0.15, 0.2) is 0 Å². The van der Waals surface area contributed by atoms with E-state index in [4.69, 9.17) is 0 Å². The fourth-order valence-corrected chi connectivity index (χ4v) is 5.85. The Morgan fingerprint density at radius 1 is 1.27 bits per heavy atom. The molecule has 1 heterocycles. The Morgan fingerprint density at radius 3 is 2.00 bits per heavy atom. The summed E-state index contributed by atoms with van der Waals surface area (Å²) in [6, 6.07) is 0. The van der Waals surface area contributed by atoms with Crippen molar-refractivity contribution in [3.05, 3.63) is 0 Å². The smallest absolute Gasteiger partial charge is 0.378 e. The van der Waals surface area contributed by atoms with Gasteiger partial charge in [-0.3, -0.25) is 4.79 Å². The van der Waals surface area contributed by atoms with Crippen molar-refractivity contribution < 1.29 is 22.7 Å². The van der Waals surface area contributed by atoms with Gasteiger partial charge in [0.2, 0.25) is 0 Å². The summed E-state index contributed by atoms with van der Waals surface area (Å²) in [5.74, 6) is 0. The van der Waals surface area contributed by atoms with E-state index in [9.17, 15) is 18.0 Å². The summed E-state index contributed by atoms with van der Waals surface area (Å²) in [5, 5.41) is 0. The maximum absolute atomic E-state index is 12.0. The van der Waals surface area contributed by atoms with Crippen LogP contribution in [-0.4, -0.2) is 20.0 Å². The van der Waals surface area contributed by atoms with Gasteiger partial charge in [0.1, 0.15) is 0 Å². The SMILES string of the molecule is C[C@@H]1CC[C@@H](C)[Si]1(C)C(=O)OC(F)(F)F. The van der Waals surface area contributed by atoms with E-state index in [2.05, 4.69) is 4.74 Å². The van der Waals surface area contributed by atoms with E-state index in [1.54, 1.807) is 6.55 Å². The highest BCUT2D eigenvalue weighted by Crippen LogP contribution is 2.47. The minimum absolute atomic E-state index is 0.0716. The second kappa shape index (κ2) is 3.81. The molecule has 2 nitrogen and oxygen atoms in total. The lowest BCUT2D eigenvalue weighted by Gasteiger charge is -2.28. The molecule has 0 saturated carbocycles. The van der Waals surface area contributed by atoms with Crippen LogP contribution in [0.25, 0.3) is 0 Å². The standard InChI is InChI=1S/C9H15F3O2Si/c1-6-4-5-7(2)15(6,3)8(13)14-9(10,11)12/h6-7H,4-5H2,1-3H3/t6-,7-/m1/s1. The molecule has 1 rings (SSSR count). The van der Waals surface area contributed by atoms with Crippen molar-refractivity contribution in [1.82, 2.24) is 0 Å². The molecule has 0 aliphatic carbocycles. The van der Waals surface area contributed by atoms with Crippen LogP contribution in [0, 0.1) is 0 Å². The number of hydrogen-bond donors (Lipinski definition) is 0. The highest BCUT2D eigenvalue weighted by Gasteiger charge is 2.54. The molecule has 0 radical (unpaired) electrons. The average Bonchev–Trinajstić information content (AvgIpc) is 2.31. The lowest BCUT2D eigenvalue weighted by molar-refractivity contribution is -0.287. The number of hydrogen-bond acceptors (Lipinski definition) is 2. The van der Waals surface area contributed by atoms with Crippen molar-refractivity contribution in [2.75, 3.05) is 0 Å². The largest absolute Gasteiger partial charge is 0.574 e. The predicted octanol–water partition coefficient (Wildman–Crippen LogP) is 3.88. The number of rotatable bonds is 1. The fourth-order valence-electron chi connectivity index (χ4n) is 2.20. The molecule has 0 aromatic carbocycles. The molecule has 1 aliphatic heterocycles. The summed E-state index contributed by atoms with van der Waals surface area (Å²) < 4.78 is 39.5. The van der Waals surface area contributed by atoms with Crippen LogP contribution in [0.5, 0.6) is 0 Å². The van der Waals surface area contributed by atoms with E-state index in [0.29, 0.717) is 0 Å². The third kappa shape index (κ3) is 2.35. The molecule has 88 valence electrons. The number of ether oxygens (including phenoxy) is 1. The minimum atomic E-state index is -4.84. The first-order valence-corrected chi connectivity index (χ1v) is 7.63. The van der Waals surface area contributed by atoms with E-state index >= 15 is 0 Å². The Hall–Kier alpha value is -0.523. The number of alkyl halides is 3. The van der Waals surface area contributed by atoms with Crippen molar-refractivity contribution in [1.29, 1.82) is 0 Å². The van der Waals surface area contributed by atoms with Crippen LogP contribution in [-0.2, 0) is 4.74 Å². The van der Waals surface area contributed by atoms with Crippen molar-refractivity contribution >= 4 is 13.7 Å². The topological polar surface area (TPSA) is 26.3 Å². The van der Waals surface area contributed by atoms with Gasteiger partial charge < -0.3 is 4.74 Å². The molecule has 6 heteroatoms. The van der Waals surface area contributed by atoms with Crippen molar-refractivity contribution in [3.8, 4) is 0 Å². The summed E-state index contributed by atoms with van der Waals surface area (Å²) in [6.07, 6.45) is -3.18. The zero-order valence-corrected chi connectivity index (χ0v) is 10.0. The summed E-state index contributed by atoms with van der Waals surface area (Å²) in [7, 11) is -2.59. The van der Waals surface area contributed by atoms with Crippen LogP contribution < -0.4 is 0 Å². The molecule has 15 heavy (non-hydrogen) atoms. The summed E-state index contributed by atoms with van der Waals surface area (Å²) in [6.45, 7) is 5.41. The van der Waals surface area contributed by atoms with Gasteiger partial charge in [0.05, 0.1) is 0 Å². The van der Waals surface area contributed by atoms with Gasteiger partial charge in [0, 0.05) is 0 Å². The van der Waals surface area contributed by atoms with E-state index in [1.165, 1.54) is 0 Å². The minimum Gasteiger partial charge on any atom is -0.378 e. The number of carbonyl (C=O) groups excluding carboxylic acids is 1. The highest BCUT2D eigenvalue weighted by molar-refractivity contribution is 7.06. The highest BCUT2D eigenvalue weighted by atomic mass is 28.3. The monoisotopic (exact) mass is 240 g/mol. The first-order chi connectivity index (χ1) is 6.68. The second-order valence-corrected chi connectivity index (χ2v) is 9.44. The molecule has 0 bridgehead atoms. The van der Waals surface area contributed by atoms with Crippen molar-refractivity contribution in [2.45, 2.75) is 50.7 Å². The van der Waals surface area contributed by atoms with Crippen molar-refractivity contribution in [3.63, 3.8) is 0 Å². The fraction of sp³-hybridized carbons (Fsp3) is 0.889. The van der Waals surface area contributed by atoms with E-state index < -0.39 is 20.0 Å². The van der Waals surface area contributed by atoms with E-state index in [-0.39, 0.29) is 11.1 Å². The van der Waals surface area contributed by atoms with Gasteiger partial charge in [-0.2, -0.15) is 0 Å². The first-order valence-electron chi connectivity index (χ1n) is 4.98. The zero-order chi connectivity index (χ0) is 11.9.